The Morgan fingerprint density at radius 1 is 1.09 bits per heavy atom. The third-order valence-electron chi connectivity index (χ3n) is 3.52. The number of halogens is 1. The summed E-state index contributed by atoms with van der Waals surface area (Å²) >= 11 is 3.36. The number of carbonyl (C=O) groups is 1. The van der Waals surface area contributed by atoms with Crippen molar-refractivity contribution < 1.29 is 4.79 Å². The summed E-state index contributed by atoms with van der Waals surface area (Å²) in [6, 6.07) is 15.3. The van der Waals surface area contributed by atoms with Gasteiger partial charge in [0.05, 0.1) is 0 Å². The molecular formula is C18H21BrN2O. The smallest absolute Gasteiger partial charge is 0.255 e. The lowest BCUT2D eigenvalue weighted by Crippen LogP contribution is -2.18. The zero-order valence-corrected chi connectivity index (χ0v) is 14.6. The van der Waals surface area contributed by atoms with E-state index in [2.05, 4.69) is 40.1 Å². The van der Waals surface area contributed by atoms with Crippen molar-refractivity contribution in [2.75, 3.05) is 23.8 Å². The molecule has 0 aromatic heterocycles. The number of rotatable bonds is 6. The quantitative estimate of drug-likeness (QED) is 0.791. The van der Waals surface area contributed by atoms with Gasteiger partial charge in [-0.2, -0.15) is 0 Å². The monoisotopic (exact) mass is 360 g/mol. The summed E-state index contributed by atoms with van der Waals surface area (Å²) in [4.78, 5) is 14.4. The molecule has 0 aliphatic heterocycles. The maximum atomic E-state index is 12.1. The SMILES string of the molecule is CCCCN(C)c1ccc(NC(=O)c2ccc(Br)cc2)cc1. The Bertz CT molecular complexity index is 608. The highest BCUT2D eigenvalue weighted by Crippen LogP contribution is 2.18. The van der Waals surface area contributed by atoms with E-state index >= 15 is 0 Å². The molecule has 4 heteroatoms. The van der Waals surface area contributed by atoms with Crippen LogP contribution in [-0.2, 0) is 0 Å². The van der Waals surface area contributed by atoms with Crippen LogP contribution < -0.4 is 10.2 Å². The van der Waals surface area contributed by atoms with Crippen molar-refractivity contribution >= 4 is 33.2 Å². The highest BCUT2D eigenvalue weighted by Gasteiger charge is 2.06. The first kappa shape index (κ1) is 16.6. The van der Waals surface area contributed by atoms with Crippen LogP contribution in [0.3, 0.4) is 0 Å². The van der Waals surface area contributed by atoms with Gasteiger partial charge < -0.3 is 10.2 Å². The van der Waals surface area contributed by atoms with Gasteiger partial charge in [0.25, 0.3) is 5.91 Å². The van der Waals surface area contributed by atoms with E-state index in [1.165, 1.54) is 12.8 Å². The average Bonchev–Trinajstić information content (AvgIpc) is 2.54. The molecule has 0 aliphatic rings. The molecule has 0 bridgehead atoms. The second kappa shape index (κ2) is 7.99. The fraction of sp³-hybridized carbons (Fsp3) is 0.278. The van der Waals surface area contributed by atoms with Crippen molar-refractivity contribution in [2.45, 2.75) is 19.8 Å². The highest BCUT2D eigenvalue weighted by molar-refractivity contribution is 9.10. The van der Waals surface area contributed by atoms with E-state index in [1.54, 1.807) is 12.1 Å². The van der Waals surface area contributed by atoms with Crippen molar-refractivity contribution in [3.63, 3.8) is 0 Å². The fourth-order valence-electron chi connectivity index (χ4n) is 2.13. The highest BCUT2D eigenvalue weighted by atomic mass is 79.9. The number of anilines is 2. The Morgan fingerprint density at radius 2 is 1.73 bits per heavy atom. The minimum atomic E-state index is -0.0976. The number of unbranched alkanes of at least 4 members (excludes halogenated alkanes) is 1. The maximum Gasteiger partial charge on any atom is 0.255 e. The predicted molar refractivity (Wildman–Crippen MR) is 96.7 cm³/mol. The van der Waals surface area contributed by atoms with Crippen molar-refractivity contribution in [2.24, 2.45) is 0 Å². The van der Waals surface area contributed by atoms with Gasteiger partial charge in [0.1, 0.15) is 0 Å². The Kier molecular flexibility index (Phi) is 6.01. The summed E-state index contributed by atoms with van der Waals surface area (Å²) in [5.74, 6) is -0.0976. The minimum Gasteiger partial charge on any atom is -0.375 e. The molecule has 116 valence electrons. The van der Waals surface area contributed by atoms with Crippen LogP contribution in [0.25, 0.3) is 0 Å². The van der Waals surface area contributed by atoms with E-state index in [0.717, 1.165) is 22.4 Å². The third kappa shape index (κ3) is 4.60. The normalized spacial score (nSPS) is 10.3. The average molecular weight is 361 g/mol. The van der Waals surface area contributed by atoms with E-state index in [9.17, 15) is 4.79 Å². The fourth-order valence-corrected chi connectivity index (χ4v) is 2.39. The molecule has 0 unspecified atom stereocenters. The van der Waals surface area contributed by atoms with Crippen LogP contribution in [0.1, 0.15) is 30.1 Å². The predicted octanol–water partition coefficient (Wildman–Crippen LogP) is 4.94. The van der Waals surface area contributed by atoms with Crippen LogP contribution in [-0.4, -0.2) is 19.5 Å². The molecule has 0 heterocycles. The van der Waals surface area contributed by atoms with E-state index < -0.39 is 0 Å². The minimum absolute atomic E-state index is 0.0976. The van der Waals surface area contributed by atoms with Gasteiger partial charge in [0, 0.05) is 35.0 Å². The lowest BCUT2D eigenvalue weighted by molar-refractivity contribution is 0.102. The Labute approximate surface area is 140 Å². The lowest BCUT2D eigenvalue weighted by Gasteiger charge is -2.19. The molecule has 0 saturated heterocycles. The molecule has 22 heavy (non-hydrogen) atoms. The Morgan fingerprint density at radius 3 is 2.32 bits per heavy atom. The molecular weight excluding hydrogens is 340 g/mol. The summed E-state index contributed by atoms with van der Waals surface area (Å²) < 4.78 is 0.962. The van der Waals surface area contributed by atoms with Crippen molar-refractivity contribution in [1.29, 1.82) is 0 Å². The second-order valence-corrected chi connectivity index (χ2v) is 6.20. The maximum absolute atomic E-state index is 12.1. The molecule has 0 radical (unpaired) electrons. The molecule has 0 spiro atoms. The van der Waals surface area contributed by atoms with Gasteiger partial charge in [-0.05, 0) is 55.0 Å². The van der Waals surface area contributed by atoms with Crippen molar-refractivity contribution in [3.05, 3.63) is 58.6 Å². The number of amides is 1. The molecule has 2 aromatic rings. The first-order chi connectivity index (χ1) is 10.6. The molecule has 1 amide bonds. The van der Waals surface area contributed by atoms with Gasteiger partial charge in [-0.25, -0.2) is 0 Å². The van der Waals surface area contributed by atoms with Crippen LogP contribution in [0.2, 0.25) is 0 Å². The molecule has 2 rings (SSSR count). The van der Waals surface area contributed by atoms with Crippen molar-refractivity contribution in [1.82, 2.24) is 0 Å². The molecule has 0 fully saturated rings. The zero-order valence-electron chi connectivity index (χ0n) is 13.0. The van der Waals surface area contributed by atoms with E-state index in [0.29, 0.717) is 5.56 Å². The van der Waals surface area contributed by atoms with Crippen LogP contribution in [0.15, 0.2) is 53.0 Å². The largest absolute Gasteiger partial charge is 0.375 e. The summed E-state index contributed by atoms with van der Waals surface area (Å²) in [5, 5.41) is 2.91. The molecule has 2 aromatic carbocycles. The van der Waals surface area contributed by atoms with Gasteiger partial charge >= 0.3 is 0 Å². The van der Waals surface area contributed by atoms with Crippen LogP contribution in [0.4, 0.5) is 11.4 Å². The van der Waals surface area contributed by atoms with Gasteiger partial charge in [-0.15, -0.1) is 0 Å². The van der Waals surface area contributed by atoms with E-state index in [-0.39, 0.29) is 5.91 Å². The number of hydrogen-bond acceptors (Lipinski definition) is 2. The van der Waals surface area contributed by atoms with E-state index in [4.69, 9.17) is 0 Å². The van der Waals surface area contributed by atoms with Crippen molar-refractivity contribution in [3.8, 4) is 0 Å². The second-order valence-electron chi connectivity index (χ2n) is 5.28. The van der Waals surface area contributed by atoms with E-state index in [1.807, 2.05) is 36.4 Å². The summed E-state index contributed by atoms with van der Waals surface area (Å²) in [5.41, 5.74) is 2.61. The lowest BCUT2D eigenvalue weighted by atomic mass is 10.2. The molecule has 0 aliphatic carbocycles. The third-order valence-corrected chi connectivity index (χ3v) is 4.05. The van der Waals surface area contributed by atoms with Crippen LogP contribution in [0, 0.1) is 0 Å². The first-order valence-electron chi connectivity index (χ1n) is 7.48. The van der Waals surface area contributed by atoms with Crippen LogP contribution >= 0.6 is 15.9 Å². The number of carbonyl (C=O) groups excluding carboxylic acids is 1. The summed E-state index contributed by atoms with van der Waals surface area (Å²) in [6.07, 6.45) is 2.37. The standard InChI is InChI=1S/C18H21BrN2O/c1-3-4-13-21(2)17-11-9-16(10-12-17)20-18(22)14-5-7-15(19)8-6-14/h5-12H,3-4,13H2,1-2H3,(H,20,22). The number of hydrogen-bond donors (Lipinski definition) is 1. The van der Waals surface area contributed by atoms with Gasteiger partial charge in [-0.3, -0.25) is 4.79 Å². The molecule has 3 nitrogen and oxygen atoms in total. The number of nitrogens with one attached hydrogen (secondary N) is 1. The topological polar surface area (TPSA) is 32.3 Å². The Hall–Kier alpha value is -1.81. The summed E-state index contributed by atoms with van der Waals surface area (Å²) in [6.45, 7) is 3.23. The van der Waals surface area contributed by atoms with Gasteiger partial charge in [0.2, 0.25) is 0 Å². The number of benzene rings is 2. The zero-order chi connectivity index (χ0) is 15.9. The summed E-state index contributed by atoms with van der Waals surface area (Å²) in [7, 11) is 2.09. The first-order valence-corrected chi connectivity index (χ1v) is 8.27. The van der Waals surface area contributed by atoms with Crippen LogP contribution in [0.5, 0.6) is 0 Å². The molecule has 0 atom stereocenters. The Balaban J connectivity index is 1.98. The molecule has 1 N–H and O–H groups in total. The number of nitrogens with zero attached hydrogens (tertiary/aromatic N) is 1. The van der Waals surface area contributed by atoms with Gasteiger partial charge in [0.15, 0.2) is 0 Å². The van der Waals surface area contributed by atoms with Gasteiger partial charge in [-0.1, -0.05) is 29.3 Å². The molecule has 0 saturated carbocycles.